The van der Waals surface area contributed by atoms with Crippen molar-refractivity contribution in [2.75, 3.05) is 20.3 Å². The lowest BCUT2D eigenvalue weighted by Crippen LogP contribution is -2.35. The van der Waals surface area contributed by atoms with Gasteiger partial charge in [0.1, 0.15) is 0 Å². The van der Waals surface area contributed by atoms with Crippen molar-refractivity contribution in [2.24, 2.45) is 5.92 Å². The van der Waals surface area contributed by atoms with E-state index in [2.05, 4.69) is 5.32 Å². The number of methoxy groups -OCH3 is 1. The number of carbonyl (C=O) groups excluding carboxylic acids is 2. The first-order valence-corrected chi connectivity index (χ1v) is 6.37. The maximum absolute atomic E-state index is 12.1. The van der Waals surface area contributed by atoms with Gasteiger partial charge in [0.25, 0.3) is 0 Å². The van der Waals surface area contributed by atoms with Crippen LogP contribution in [-0.4, -0.2) is 32.0 Å². The molecule has 0 spiro atoms. The molecule has 0 saturated carbocycles. The van der Waals surface area contributed by atoms with Gasteiger partial charge in [0.2, 0.25) is 5.91 Å². The van der Waals surface area contributed by atoms with Crippen molar-refractivity contribution in [3.63, 3.8) is 0 Å². The average Bonchev–Trinajstić information content (AvgIpc) is 2.45. The number of ether oxygens (including phenoxy) is 1. The largest absolute Gasteiger partial charge is 0.385 e. The highest BCUT2D eigenvalue weighted by molar-refractivity contribution is 6.12. The lowest BCUT2D eigenvalue weighted by atomic mass is 9.97. The van der Waals surface area contributed by atoms with Gasteiger partial charge in [0.05, 0.1) is 6.07 Å². The Hall–Kier alpha value is -2.19. The van der Waals surface area contributed by atoms with Gasteiger partial charge in [-0.1, -0.05) is 29.8 Å². The van der Waals surface area contributed by atoms with Crippen molar-refractivity contribution >= 4 is 11.7 Å². The second kappa shape index (κ2) is 8.08. The Kier molecular flexibility index (Phi) is 6.41. The number of carbonyl (C=O) groups is 2. The van der Waals surface area contributed by atoms with Gasteiger partial charge in [-0.25, -0.2) is 0 Å². The van der Waals surface area contributed by atoms with Crippen molar-refractivity contribution in [3.05, 3.63) is 35.4 Å². The van der Waals surface area contributed by atoms with E-state index in [9.17, 15) is 9.59 Å². The number of Topliss-reactive ketones (excluding diaryl/α,β-unsaturated/α-hetero) is 1. The number of hydrogen-bond donors (Lipinski definition) is 1. The number of benzene rings is 1. The molecule has 0 aliphatic rings. The molecule has 1 N–H and O–H groups in total. The van der Waals surface area contributed by atoms with E-state index in [0.29, 0.717) is 25.1 Å². The molecule has 0 saturated heterocycles. The van der Waals surface area contributed by atoms with Gasteiger partial charge in [0.15, 0.2) is 11.7 Å². The Morgan fingerprint density at radius 2 is 2.00 bits per heavy atom. The number of hydrogen-bond acceptors (Lipinski definition) is 4. The highest BCUT2D eigenvalue weighted by Gasteiger charge is 2.26. The third-order valence-electron chi connectivity index (χ3n) is 2.81. The van der Waals surface area contributed by atoms with Crippen LogP contribution in [0.3, 0.4) is 0 Å². The van der Waals surface area contributed by atoms with E-state index in [0.717, 1.165) is 5.56 Å². The molecule has 0 bridgehead atoms. The molecule has 5 nitrogen and oxygen atoms in total. The third-order valence-corrected chi connectivity index (χ3v) is 2.81. The first kappa shape index (κ1) is 15.9. The van der Waals surface area contributed by atoms with Crippen LogP contribution >= 0.6 is 0 Å². The van der Waals surface area contributed by atoms with Crippen LogP contribution in [0.4, 0.5) is 0 Å². The van der Waals surface area contributed by atoms with Gasteiger partial charge in [-0.3, -0.25) is 9.59 Å². The topological polar surface area (TPSA) is 79.2 Å². The van der Waals surface area contributed by atoms with Crippen LogP contribution in [0.25, 0.3) is 0 Å². The number of nitrogens with zero attached hydrogens (tertiary/aromatic N) is 1. The molecule has 0 aliphatic carbocycles. The second-order valence-corrected chi connectivity index (χ2v) is 4.43. The first-order valence-electron chi connectivity index (χ1n) is 6.37. The zero-order valence-corrected chi connectivity index (χ0v) is 11.7. The molecule has 0 unspecified atom stereocenters. The van der Waals surface area contributed by atoms with Crippen molar-refractivity contribution < 1.29 is 14.3 Å². The number of rotatable bonds is 7. The first-order chi connectivity index (χ1) is 9.60. The summed E-state index contributed by atoms with van der Waals surface area (Å²) in [4.78, 5) is 23.9. The van der Waals surface area contributed by atoms with Crippen molar-refractivity contribution in [1.29, 1.82) is 5.26 Å². The molecule has 106 valence electrons. The molecule has 20 heavy (non-hydrogen) atoms. The molecule has 0 radical (unpaired) electrons. The quantitative estimate of drug-likeness (QED) is 0.464. The number of ketones is 1. The summed E-state index contributed by atoms with van der Waals surface area (Å²) in [6, 6.07) is 8.57. The van der Waals surface area contributed by atoms with Crippen LogP contribution < -0.4 is 5.32 Å². The highest BCUT2D eigenvalue weighted by atomic mass is 16.5. The van der Waals surface area contributed by atoms with Crippen LogP contribution in [0.5, 0.6) is 0 Å². The molecule has 0 heterocycles. The SMILES string of the molecule is COCCCNC(=O)[C@@H](C#N)C(=O)c1ccc(C)cc1. The average molecular weight is 274 g/mol. The molecular weight excluding hydrogens is 256 g/mol. The molecule has 1 aromatic rings. The molecular formula is C15H18N2O3. The Morgan fingerprint density at radius 3 is 2.55 bits per heavy atom. The smallest absolute Gasteiger partial charge is 0.245 e. The van der Waals surface area contributed by atoms with Crippen LogP contribution in [0.1, 0.15) is 22.3 Å². The fraction of sp³-hybridized carbons (Fsp3) is 0.400. The fourth-order valence-corrected chi connectivity index (χ4v) is 1.65. The minimum absolute atomic E-state index is 0.370. The maximum atomic E-state index is 12.1. The minimum atomic E-state index is -1.31. The summed E-state index contributed by atoms with van der Waals surface area (Å²) in [6.07, 6.45) is 0.638. The van der Waals surface area contributed by atoms with Gasteiger partial charge in [0, 0.05) is 25.8 Å². The fourth-order valence-electron chi connectivity index (χ4n) is 1.65. The van der Waals surface area contributed by atoms with Gasteiger partial charge in [-0.15, -0.1) is 0 Å². The van der Waals surface area contributed by atoms with Crippen molar-refractivity contribution in [1.82, 2.24) is 5.32 Å². The highest BCUT2D eigenvalue weighted by Crippen LogP contribution is 2.10. The van der Waals surface area contributed by atoms with E-state index in [1.54, 1.807) is 37.4 Å². The van der Waals surface area contributed by atoms with Gasteiger partial charge in [-0.05, 0) is 13.3 Å². The predicted octanol–water partition coefficient (Wildman–Crippen LogP) is 1.47. The Labute approximate surface area is 118 Å². The van der Waals surface area contributed by atoms with E-state index in [1.807, 2.05) is 6.92 Å². The van der Waals surface area contributed by atoms with Gasteiger partial charge < -0.3 is 10.1 Å². The lowest BCUT2D eigenvalue weighted by Gasteiger charge is -2.09. The second-order valence-electron chi connectivity index (χ2n) is 4.43. The summed E-state index contributed by atoms with van der Waals surface area (Å²) in [7, 11) is 1.57. The summed E-state index contributed by atoms with van der Waals surface area (Å²) in [5.74, 6) is -2.34. The molecule has 0 aliphatic heterocycles. The molecule has 0 fully saturated rings. The van der Waals surface area contributed by atoms with Crippen molar-refractivity contribution in [3.8, 4) is 6.07 Å². The number of nitrogens with one attached hydrogen (secondary N) is 1. The number of nitriles is 1. The normalized spacial score (nSPS) is 11.4. The summed E-state index contributed by atoms with van der Waals surface area (Å²) >= 11 is 0. The monoisotopic (exact) mass is 274 g/mol. The summed E-state index contributed by atoms with van der Waals surface area (Å²) in [5.41, 5.74) is 1.38. The van der Waals surface area contributed by atoms with Gasteiger partial charge in [-0.2, -0.15) is 5.26 Å². The van der Waals surface area contributed by atoms with Gasteiger partial charge >= 0.3 is 0 Å². The Bertz CT molecular complexity index is 503. The maximum Gasteiger partial charge on any atom is 0.245 e. The molecule has 0 aromatic heterocycles. The molecule has 5 heteroatoms. The van der Waals surface area contributed by atoms with E-state index in [1.165, 1.54) is 0 Å². The minimum Gasteiger partial charge on any atom is -0.385 e. The van der Waals surface area contributed by atoms with Crippen LogP contribution in [0.15, 0.2) is 24.3 Å². The molecule has 1 rings (SSSR count). The number of aryl methyl sites for hydroxylation is 1. The molecule has 1 atom stereocenters. The summed E-state index contributed by atoms with van der Waals surface area (Å²) < 4.78 is 4.86. The molecule has 1 aromatic carbocycles. The zero-order chi connectivity index (χ0) is 15.0. The standard InChI is InChI=1S/C15H18N2O3/c1-11-4-6-12(7-5-11)14(18)13(10-16)15(19)17-8-3-9-20-2/h4-7,13H,3,8-9H2,1-2H3,(H,17,19)/t13-/m0/s1. The van der Waals surface area contributed by atoms with E-state index in [-0.39, 0.29) is 0 Å². The van der Waals surface area contributed by atoms with Crippen molar-refractivity contribution in [2.45, 2.75) is 13.3 Å². The molecule has 1 amide bonds. The van der Waals surface area contributed by atoms with E-state index in [4.69, 9.17) is 10.00 Å². The summed E-state index contributed by atoms with van der Waals surface area (Å²) in [6.45, 7) is 2.80. The number of amides is 1. The van der Waals surface area contributed by atoms with Crippen LogP contribution in [0.2, 0.25) is 0 Å². The predicted molar refractivity (Wildman–Crippen MR) is 74.1 cm³/mol. The summed E-state index contributed by atoms with van der Waals surface area (Å²) in [5, 5.41) is 11.6. The Balaban J connectivity index is 2.65. The van der Waals surface area contributed by atoms with E-state index >= 15 is 0 Å². The van der Waals surface area contributed by atoms with Crippen LogP contribution in [-0.2, 0) is 9.53 Å². The van der Waals surface area contributed by atoms with E-state index < -0.39 is 17.6 Å². The van der Waals surface area contributed by atoms with Crippen LogP contribution in [0, 0.1) is 24.2 Å². The zero-order valence-electron chi connectivity index (χ0n) is 11.7. The lowest BCUT2D eigenvalue weighted by molar-refractivity contribution is -0.122. The third kappa shape index (κ3) is 4.48. The Morgan fingerprint density at radius 1 is 1.35 bits per heavy atom.